The first kappa shape index (κ1) is 19.7. The van der Waals surface area contributed by atoms with Gasteiger partial charge in [0.2, 0.25) is 0 Å². The number of halogens is 1. The summed E-state index contributed by atoms with van der Waals surface area (Å²) < 4.78 is 5.57. The Balaban J connectivity index is 0.00000196. The number of fused-ring (bicyclic) bond motifs is 1. The number of aromatic nitrogens is 1. The van der Waals surface area contributed by atoms with Gasteiger partial charge in [0.1, 0.15) is 0 Å². The van der Waals surface area contributed by atoms with Crippen molar-refractivity contribution < 1.29 is 4.52 Å². The smallest absolute Gasteiger partial charge is 0.167 e. The van der Waals surface area contributed by atoms with Crippen LogP contribution in [0.3, 0.4) is 0 Å². The maximum absolute atomic E-state index is 6.02. The minimum atomic E-state index is 0. The second-order valence-corrected chi connectivity index (χ2v) is 8.25. The monoisotopic (exact) mass is 377 g/mol. The second kappa shape index (κ2) is 8.73. The van der Waals surface area contributed by atoms with Gasteiger partial charge in [-0.3, -0.25) is 0 Å². The van der Waals surface area contributed by atoms with E-state index in [0.29, 0.717) is 12.0 Å². The molecule has 2 fully saturated rings. The zero-order chi connectivity index (χ0) is 17.2. The van der Waals surface area contributed by atoms with E-state index in [0.717, 1.165) is 11.5 Å². The fourth-order valence-corrected chi connectivity index (χ4v) is 4.63. The van der Waals surface area contributed by atoms with E-state index in [1.165, 1.54) is 81.2 Å². The molecule has 1 saturated carbocycles. The number of hydrogen-bond donors (Lipinski definition) is 1. The van der Waals surface area contributed by atoms with Crippen LogP contribution in [0.25, 0.3) is 11.0 Å². The Labute approximate surface area is 162 Å². The average molecular weight is 378 g/mol. The molecule has 4 nitrogen and oxygen atoms in total. The molecule has 26 heavy (non-hydrogen) atoms. The number of aryl methyl sites for hydroxylation is 1. The van der Waals surface area contributed by atoms with E-state index < -0.39 is 0 Å². The summed E-state index contributed by atoms with van der Waals surface area (Å²) in [6.07, 6.45) is 8.88. The van der Waals surface area contributed by atoms with Crippen LogP contribution in [0.4, 0.5) is 0 Å². The van der Waals surface area contributed by atoms with Crippen molar-refractivity contribution in [1.29, 1.82) is 0 Å². The van der Waals surface area contributed by atoms with E-state index in [-0.39, 0.29) is 12.4 Å². The highest BCUT2D eigenvalue weighted by atomic mass is 35.5. The quantitative estimate of drug-likeness (QED) is 0.842. The summed E-state index contributed by atoms with van der Waals surface area (Å²) in [6, 6.07) is 6.90. The fraction of sp³-hybridized carbons (Fsp3) is 0.667. The first-order chi connectivity index (χ1) is 12.2. The molecule has 1 aromatic carbocycles. The lowest BCUT2D eigenvalue weighted by Crippen LogP contribution is -2.35. The van der Waals surface area contributed by atoms with Gasteiger partial charge in [-0.25, -0.2) is 0 Å². The molecule has 0 bridgehead atoms. The molecular weight excluding hydrogens is 346 g/mol. The molecule has 4 rings (SSSR count). The summed E-state index contributed by atoms with van der Waals surface area (Å²) in [5, 5.41) is 5.62. The van der Waals surface area contributed by atoms with Crippen LogP contribution in [0, 0.1) is 12.8 Å². The predicted molar refractivity (Wildman–Crippen MR) is 109 cm³/mol. The molecule has 1 aliphatic heterocycles. The van der Waals surface area contributed by atoms with Crippen molar-refractivity contribution in [3.8, 4) is 0 Å². The van der Waals surface area contributed by atoms with Crippen molar-refractivity contribution in [3.05, 3.63) is 29.5 Å². The summed E-state index contributed by atoms with van der Waals surface area (Å²) in [5.41, 5.74) is 9.37. The molecule has 0 unspecified atom stereocenters. The predicted octanol–water partition coefficient (Wildman–Crippen LogP) is 4.65. The SMILES string of the molecule is Cc1ccc2c(C3CCN(CCC4CCC(N)CC4)CC3)noc2c1.Cl. The number of likely N-dealkylation sites (tertiary alicyclic amines) is 1. The van der Waals surface area contributed by atoms with Gasteiger partial charge in [0.25, 0.3) is 0 Å². The van der Waals surface area contributed by atoms with Crippen molar-refractivity contribution in [3.63, 3.8) is 0 Å². The topological polar surface area (TPSA) is 55.3 Å². The third-order valence-electron chi connectivity index (χ3n) is 6.37. The van der Waals surface area contributed by atoms with Gasteiger partial charge in [0.05, 0.1) is 5.69 Å². The second-order valence-electron chi connectivity index (χ2n) is 8.25. The minimum Gasteiger partial charge on any atom is -0.356 e. The molecule has 1 aromatic heterocycles. The van der Waals surface area contributed by atoms with Crippen LogP contribution in [0.15, 0.2) is 22.7 Å². The Kier molecular flexibility index (Phi) is 6.60. The van der Waals surface area contributed by atoms with Crippen LogP contribution in [0.1, 0.15) is 62.1 Å². The van der Waals surface area contributed by atoms with Crippen LogP contribution in [0.2, 0.25) is 0 Å². The molecule has 0 atom stereocenters. The lowest BCUT2D eigenvalue weighted by molar-refractivity contribution is 0.184. The van der Waals surface area contributed by atoms with Gasteiger partial charge in [0, 0.05) is 17.3 Å². The van der Waals surface area contributed by atoms with E-state index >= 15 is 0 Å². The molecule has 0 amide bonds. The van der Waals surface area contributed by atoms with E-state index in [9.17, 15) is 0 Å². The van der Waals surface area contributed by atoms with E-state index in [4.69, 9.17) is 10.3 Å². The summed E-state index contributed by atoms with van der Waals surface area (Å²) in [6.45, 7) is 5.74. The summed E-state index contributed by atoms with van der Waals surface area (Å²) in [7, 11) is 0. The summed E-state index contributed by atoms with van der Waals surface area (Å²) in [4.78, 5) is 2.65. The number of benzene rings is 1. The van der Waals surface area contributed by atoms with Crippen LogP contribution >= 0.6 is 12.4 Å². The van der Waals surface area contributed by atoms with Gasteiger partial charge in [0.15, 0.2) is 5.58 Å². The number of nitrogens with zero attached hydrogens (tertiary/aromatic N) is 2. The Morgan fingerprint density at radius 3 is 2.58 bits per heavy atom. The van der Waals surface area contributed by atoms with Crippen molar-refractivity contribution >= 4 is 23.4 Å². The van der Waals surface area contributed by atoms with Crippen molar-refractivity contribution in [1.82, 2.24) is 10.1 Å². The van der Waals surface area contributed by atoms with E-state index in [2.05, 4.69) is 35.2 Å². The normalized spacial score (nSPS) is 25.3. The molecule has 2 heterocycles. The molecule has 5 heteroatoms. The lowest BCUT2D eigenvalue weighted by Gasteiger charge is -2.33. The molecular formula is C21H32ClN3O. The zero-order valence-electron chi connectivity index (χ0n) is 15.8. The molecule has 2 N–H and O–H groups in total. The van der Waals surface area contributed by atoms with Crippen LogP contribution in [-0.4, -0.2) is 35.7 Å². The fourth-order valence-electron chi connectivity index (χ4n) is 4.63. The van der Waals surface area contributed by atoms with Gasteiger partial charge in [-0.1, -0.05) is 11.2 Å². The molecule has 0 radical (unpaired) electrons. The molecule has 1 aliphatic carbocycles. The van der Waals surface area contributed by atoms with Crippen LogP contribution in [-0.2, 0) is 0 Å². The summed E-state index contributed by atoms with van der Waals surface area (Å²) >= 11 is 0. The standard InChI is InChI=1S/C21H31N3O.ClH/c1-15-2-7-19-20(14-15)25-23-21(19)17-9-12-24(13-10-17)11-8-16-3-5-18(22)6-4-16;/h2,7,14,16-18H,3-6,8-13,22H2,1H3;1H. The van der Waals surface area contributed by atoms with Crippen molar-refractivity contribution in [2.24, 2.45) is 11.7 Å². The third-order valence-corrected chi connectivity index (χ3v) is 6.37. The number of hydrogen-bond acceptors (Lipinski definition) is 4. The van der Waals surface area contributed by atoms with Gasteiger partial charge < -0.3 is 15.2 Å². The van der Waals surface area contributed by atoms with Gasteiger partial charge >= 0.3 is 0 Å². The largest absolute Gasteiger partial charge is 0.356 e. The molecule has 0 spiro atoms. The van der Waals surface area contributed by atoms with E-state index in [1.807, 2.05) is 0 Å². The summed E-state index contributed by atoms with van der Waals surface area (Å²) in [5.74, 6) is 1.45. The maximum Gasteiger partial charge on any atom is 0.167 e. The van der Waals surface area contributed by atoms with Crippen LogP contribution < -0.4 is 5.73 Å². The molecule has 2 aromatic rings. The third kappa shape index (κ3) is 4.41. The highest BCUT2D eigenvalue weighted by Crippen LogP contribution is 2.33. The maximum atomic E-state index is 6.02. The van der Waals surface area contributed by atoms with Crippen molar-refractivity contribution in [2.45, 2.75) is 63.8 Å². The Morgan fingerprint density at radius 2 is 1.85 bits per heavy atom. The molecule has 2 aliphatic rings. The Bertz CT molecular complexity index is 700. The molecule has 1 saturated heterocycles. The Morgan fingerprint density at radius 1 is 1.12 bits per heavy atom. The van der Waals surface area contributed by atoms with Gasteiger partial charge in [-0.2, -0.15) is 0 Å². The highest BCUT2D eigenvalue weighted by Gasteiger charge is 2.26. The van der Waals surface area contributed by atoms with Crippen molar-refractivity contribution in [2.75, 3.05) is 19.6 Å². The lowest BCUT2D eigenvalue weighted by atomic mass is 9.84. The van der Waals surface area contributed by atoms with E-state index in [1.54, 1.807) is 0 Å². The Hall–Kier alpha value is -1.10. The zero-order valence-corrected chi connectivity index (χ0v) is 16.6. The number of piperidine rings is 1. The average Bonchev–Trinajstić information content (AvgIpc) is 3.04. The van der Waals surface area contributed by atoms with Gasteiger partial charge in [-0.05, 0) is 95.1 Å². The first-order valence-corrected chi connectivity index (χ1v) is 10.0. The first-order valence-electron chi connectivity index (χ1n) is 10.0. The van der Waals surface area contributed by atoms with Crippen LogP contribution in [0.5, 0.6) is 0 Å². The molecule has 144 valence electrons. The highest BCUT2D eigenvalue weighted by molar-refractivity contribution is 5.85. The number of rotatable bonds is 4. The number of nitrogens with two attached hydrogens (primary N) is 1. The van der Waals surface area contributed by atoms with Gasteiger partial charge in [-0.15, -0.1) is 12.4 Å². The minimum absolute atomic E-state index is 0.